The summed E-state index contributed by atoms with van der Waals surface area (Å²) < 4.78 is 7.27. The summed E-state index contributed by atoms with van der Waals surface area (Å²) >= 11 is 0. The van der Waals surface area contributed by atoms with E-state index in [0.29, 0.717) is 0 Å². The van der Waals surface area contributed by atoms with E-state index in [1.807, 2.05) is 17.1 Å². The summed E-state index contributed by atoms with van der Waals surface area (Å²) in [4.78, 5) is 20.2. The lowest BCUT2D eigenvalue weighted by Gasteiger charge is -2.34. The summed E-state index contributed by atoms with van der Waals surface area (Å²) in [6, 6.07) is 0. The van der Waals surface area contributed by atoms with E-state index in [0.717, 1.165) is 78.1 Å². The quantitative estimate of drug-likeness (QED) is 0.698. The Kier molecular flexibility index (Phi) is 5.68. The summed E-state index contributed by atoms with van der Waals surface area (Å²) in [6.07, 6.45) is 7.30. The number of ether oxygens (including phenoxy) is 1. The fraction of sp³-hybridized carbons (Fsp3) is 0.647. The number of morpholine rings is 1. The highest BCUT2D eigenvalue weighted by molar-refractivity contribution is 5.30. The van der Waals surface area contributed by atoms with Crippen molar-refractivity contribution in [3.63, 3.8) is 0 Å². The second-order valence-electron chi connectivity index (χ2n) is 6.77. The third-order valence-electron chi connectivity index (χ3n) is 4.97. The molecule has 2 saturated heterocycles. The first-order valence-electron chi connectivity index (χ1n) is 9.27. The van der Waals surface area contributed by atoms with Crippen molar-refractivity contribution >= 4 is 5.95 Å². The van der Waals surface area contributed by atoms with Gasteiger partial charge in [-0.2, -0.15) is 5.10 Å². The van der Waals surface area contributed by atoms with Crippen LogP contribution in [0.5, 0.6) is 0 Å². The molecule has 0 amide bonds. The molecule has 0 atom stereocenters. The van der Waals surface area contributed by atoms with E-state index in [1.165, 1.54) is 5.56 Å². The second kappa shape index (κ2) is 8.52. The molecule has 0 aliphatic carbocycles. The Morgan fingerprint density at radius 3 is 2.31 bits per heavy atom. The Balaban J connectivity index is 1.21. The number of rotatable bonds is 6. The molecule has 4 rings (SSSR count). The Labute approximate surface area is 153 Å². The molecule has 0 N–H and O–H groups in total. The van der Waals surface area contributed by atoms with Gasteiger partial charge in [0.2, 0.25) is 5.95 Å². The highest BCUT2D eigenvalue weighted by Gasteiger charge is 2.18. The molecule has 2 fully saturated rings. The van der Waals surface area contributed by atoms with Gasteiger partial charge in [0.05, 0.1) is 19.8 Å². The lowest BCUT2D eigenvalue weighted by Crippen LogP contribution is -2.46. The van der Waals surface area contributed by atoms with Crippen LogP contribution in [0.15, 0.2) is 25.0 Å². The smallest absolute Gasteiger partial charge is 0.225 e. The molecule has 0 saturated carbocycles. The van der Waals surface area contributed by atoms with Crippen molar-refractivity contribution in [2.24, 2.45) is 0 Å². The van der Waals surface area contributed by atoms with Gasteiger partial charge in [0.15, 0.2) is 0 Å². The van der Waals surface area contributed by atoms with E-state index in [9.17, 15) is 0 Å². The maximum atomic E-state index is 5.38. The number of nitrogens with zero attached hydrogens (tertiary/aromatic N) is 8. The van der Waals surface area contributed by atoms with Crippen molar-refractivity contribution in [2.75, 3.05) is 63.9 Å². The molecule has 0 unspecified atom stereocenters. The van der Waals surface area contributed by atoms with Gasteiger partial charge in [-0.15, -0.1) is 0 Å². The molecule has 0 radical (unpaired) electrons. The van der Waals surface area contributed by atoms with E-state index in [4.69, 9.17) is 4.74 Å². The summed E-state index contributed by atoms with van der Waals surface area (Å²) in [6.45, 7) is 10.4. The van der Waals surface area contributed by atoms with Crippen LogP contribution >= 0.6 is 0 Å². The van der Waals surface area contributed by atoms with E-state index in [1.54, 1.807) is 12.7 Å². The van der Waals surface area contributed by atoms with Gasteiger partial charge < -0.3 is 9.64 Å². The number of hydrogen-bond acceptors (Lipinski definition) is 8. The monoisotopic (exact) mass is 358 g/mol. The van der Waals surface area contributed by atoms with Crippen molar-refractivity contribution in [3.05, 3.63) is 30.6 Å². The van der Waals surface area contributed by atoms with Crippen molar-refractivity contribution < 1.29 is 4.74 Å². The molecule has 0 aromatic carbocycles. The Morgan fingerprint density at radius 1 is 0.885 bits per heavy atom. The lowest BCUT2D eigenvalue weighted by molar-refractivity contribution is 0.121. The van der Waals surface area contributed by atoms with Crippen molar-refractivity contribution in [2.45, 2.75) is 13.1 Å². The van der Waals surface area contributed by atoms with Gasteiger partial charge >= 0.3 is 0 Å². The molecule has 0 spiro atoms. The highest BCUT2D eigenvalue weighted by Crippen LogP contribution is 2.12. The molecule has 0 bridgehead atoms. The number of hydrogen-bond donors (Lipinski definition) is 0. The zero-order chi connectivity index (χ0) is 17.6. The minimum absolute atomic E-state index is 0.756. The minimum Gasteiger partial charge on any atom is -0.378 e. The van der Waals surface area contributed by atoms with Gasteiger partial charge in [-0.1, -0.05) is 0 Å². The topological polar surface area (TPSA) is 75.4 Å². The highest BCUT2D eigenvalue weighted by atomic mass is 16.5. The second-order valence-corrected chi connectivity index (χ2v) is 6.77. The molecule has 2 aromatic rings. The van der Waals surface area contributed by atoms with E-state index in [-0.39, 0.29) is 0 Å². The predicted molar refractivity (Wildman–Crippen MR) is 96.8 cm³/mol. The standard InChI is InChI=1S/C17H26N8O/c1-3-23(4-2-22(1)5-6-25-15-18-14-21-25)13-16-11-19-17(20-12-16)24-7-9-26-10-8-24/h11-12,14-15H,1-10,13H2. The zero-order valence-corrected chi connectivity index (χ0v) is 15.1. The molecule has 2 aliphatic rings. The maximum absolute atomic E-state index is 5.38. The third kappa shape index (κ3) is 4.54. The van der Waals surface area contributed by atoms with Crippen molar-refractivity contribution in [3.8, 4) is 0 Å². The lowest BCUT2D eigenvalue weighted by atomic mass is 10.2. The van der Waals surface area contributed by atoms with Crippen LogP contribution in [-0.2, 0) is 17.8 Å². The van der Waals surface area contributed by atoms with Crippen LogP contribution in [0.25, 0.3) is 0 Å². The first kappa shape index (κ1) is 17.3. The number of aromatic nitrogens is 5. The normalized spacial score (nSPS) is 19.8. The summed E-state index contributed by atoms with van der Waals surface area (Å²) in [7, 11) is 0. The van der Waals surface area contributed by atoms with Gasteiger partial charge in [0, 0.05) is 70.3 Å². The summed E-state index contributed by atoms with van der Waals surface area (Å²) in [5.41, 5.74) is 1.18. The maximum Gasteiger partial charge on any atom is 0.225 e. The third-order valence-corrected chi connectivity index (χ3v) is 4.97. The van der Waals surface area contributed by atoms with Crippen LogP contribution in [0, 0.1) is 0 Å². The average Bonchev–Trinajstić information content (AvgIpc) is 3.22. The van der Waals surface area contributed by atoms with Gasteiger partial charge in [-0.25, -0.2) is 15.0 Å². The molecule has 9 heteroatoms. The van der Waals surface area contributed by atoms with E-state index in [2.05, 4.69) is 34.8 Å². The molecule has 2 aromatic heterocycles. The SMILES string of the molecule is c1ncn(CCN2CCN(Cc3cnc(N4CCOCC4)nc3)CC2)n1. The molecule has 26 heavy (non-hydrogen) atoms. The zero-order valence-electron chi connectivity index (χ0n) is 15.1. The molecular weight excluding hydrogens is 332 g/mol. The van der Waals surface area contributed by atoms with Gasteiger partial charge in [-0.3, -0.25) is 14.5 Å². The van der Waals surface area contributed by atoms with Gasteiger partial charge in [-0.05, 0) is 0 Å². The van der Waals surface area contributed by atoms with Crippen molar-refractivity contribution in [1.82, 2.24) is 34.5 Å². The van der Waals surface area contributed by atoms with Crippen LogP contribution < -0.4 is 4.90 Å². The Bertz CT molecular complexity index is 648. The Hall–Kier alpha value is -2.10. The van der Waals surface area contributed by atoms with Crippen LogP contribution in [0.2, 0.25) is 0 Å². The van der Waals surface area contributed by atoms with Gasteiger partial charge in [0.1, 0.15) is 12.7 Å². The molecule has 9 nitrogen and oxygen atoms in total. The first-order valence-corrected chi connectivity index (χ1v) is 9.27. The van der Waals surface area contributed by atoms with Gasteiger partial charge in [0.25, 0.3) is 0 Å². The van der Waals surface area contributed by atoms with Crippen LogP contribution in [-0.4, -0.2) is 93.6 Å². The average molecular weight is 358 g/mol. The van der Waals surface area contributed by atoms with Crippen LogP contribution in [0.3, 0.4) is 0 Å². The first-order chi connectivity index (χ1) is 12.9. The molecule has 2 aliphatic heterocycles. The largest absolute Gasteiger partial charge is 0.378 e. The predicted octanol–water partition coefficient (Wildman–Crippen LogP) is -0.277. The van der Waals surface area contributed by atoms with Crippen molar-refractivity contribution in [1.29, 1.82) is 0 Å². The summed E-state index contributed by atoms with van der Waals surface area (Å²) in [5, 5.41) is 4.16. The van der Waals surface area contributed by atoms with Crippen LogP contribution in [0.4, 0.5) is 5.95 Å². The molecule has 4 heterocycles. The fourth-order valence-electron chi connectivity index (χ4n) is 3.38. The Morgan fingerprint density at radius 2 is 1.62 bits per heavy atom. The number of anilines is 1. The summed E-state index contributed by atoms with van der Waals surface area (Å²) in [5.74, 6) is 0.815. The minimum atomic E-state index is 0.756. The fourth-order valence-corrected chi connectivity index (χ4v) is 3.38. The molecule has 140 valence electrons. The number of piperazine rings is 1. The van der Waals surface area contributed by atoms with E-state index >= 15 is 0 Å². The van der Waals surface area contributed by atoms with Crippen LogP contribution in [0.1, 0.15) is 5.56 Å². The molecular formula is C17H26N8O. The van der Waals surface area contributed by atoms with E-state index < -0.39 is 0 Å².